The van der Waals surface area contributed by atoms with Crippen molar-refractivity contribution in [1.82, 2.24) is 15.0 Å². The molecule has 1 fully saturated rings. The van der Waals surface area contributed by atoms with E-state index in [0.29, 0.717) is 5.82 Å². The first-order valence-corrected chi connectivity index (χ1v) is 9.56. The summed E-state index contributed by atoms with van der Waals surface area (Å²) < 4.78 is 7.74. The van der Waals surface area contributed by atoms with E-state index in [9.17, 15) is 0 Å². The van der Waals surface area contributed by atoms with E-state index in [1.165, 1.54) is 34.2 Å². The smallest absolute Gasteiger partial charge is 0.161 e. The SMILES string of the molecule is NNc1ncnc2c1sc1c(N3CCOCC3)nc3c(c12)CCCC3. The number of hydrogen-bond acceptors (Lipinski definition) is 8. The lowest BCUT2D eigenvalue weighted by molar-refractivity contribution is 0.122. The van der Waals surface area contributed by atoms with Gasteiger partial charge in [-0.3, -0.25) is 0 Å². The Morgan fingerprint density at radius 3 is 2.80 bits per heavy atom. The van der Waals surface area contributed by atoms with E-state index in [4.69, 9.17) is 15.6 Å². The van der Waals surface area contributed by atoms with Crippen LogP contribution >= 0.6 is 11.3 Å². The lowest BCUT2D eigenvalue weighted by Crippen LogP contribution is -2.37. The summed E-state index contributed by atoms with van der Waals surface area (Å²) in [5, 5.41) is 1.25. The second kappa shape index (κ2) is 6.05. The lowest BCUT2D eigenvalue weighted by atomic mass is 9.93. The van der Waals surface area contributed by atoms with Crippen molar-refractivity contribution in [3.63, 3.8) is 0 Å². The van der Waals surface area contributed by atoms with Gasteiger partial charge in [0.25, 0.3) is 0 Å². The Kier molecular flexibility index (Phi) is 3.69. The first kappa shape index (κ1) is 15.2. The number of nitrogens with zero attached hydrogens (tertiary/aromatic N) is 4. The molecule has 0 atom stereocenters. The molecular formula is C17H20N6OS. The number of rotatable bonds is 2. The number of nitrogens with one attached hydrogen (secondary N) is 1. The fraction of sp³-hybridized carbons (Fsp3) is 0.471. The summed E-state index contributed by atoms with van der Waals surface area (Å²) in [5.41, 5.74) is 6.32. The van der Waals surface area contributed by atoms with E-state index in [1.54, 1.807) is 17.7 Å². The van der Waals surface area contributed by atoms with Gasteiger partial charge in [0.1, 0.15) is 12.1 Å². The number of anilines is 2. The van der Waals surface area contributed by atoms with Crippen LogP contribution in [0.5, 0.6) is 0 Å². The quantitative estimate of drug-likeness (QED) is 0.538. The summed E-state index contributed by atoms with van der Waals surface area (Å²) in [7, 11) is 0. The molecule has 25 heavy (non-hydrogen) atoms. The second-order valence-corrected chi connectivity index (χ2v) is 7.54. The van der Waals surface area contributed by atoms with Gasteiger partial charge in [0.15, 0.2) is 5.82 Å². The molecule has 3 aromatic heterocycles. The molecule has 3 N–H and O–H groups in total. The van der Waals surface area contributed by atoms with Crippen LogP contribution in [-0.2, 0) is 17.6 Å². The van der Waals surface area contributed by atoms with Gasteiger partial charge in [-0.05, 0) is 31.2 Å². The maximum absolute atomic E-state index is 5.68. The van der Waals surface area contributed by atoms with Crippen molar-refractivity contribution in [1.29, 1.82) is 0 Å². The molecule has 1 saturated heterocycles. The average molecular weight is 356 g/mol. The molecule has 5 rings (SSSR count). The second-order valence-electron chi connectivity index (χ2n) is 6.52. The number of thiophene rings is 1. The van der Waals surface area contributed by atoms with Crippen LogP contribution in [0.15, 0.2) is 6.33 Å². The molecule has 130 valence electrons. The van der Waals surface area contributed by atoms with Gasteiger partial charge in [-0.2, -0.15) is 0 Å². The Bertz CT molecular complexity index is 949. The number of nitrogens with two attached hydrogens (primary N) is 1. The number of ether oxygens (including phenoxy) is 1. The fourth-order valence-corrected chi connectivity index (χ4v) is 5.15. The number of fused-ring (bicyclic) bond motifs is 5. The van der Waals surface area contributed by atoms with Gasteiger partial charge in [-0.15, -0.1) is 11.3 Å². The van der Waals surface area contributed by atoms with Crippen LogP contribution < -0.4 is 16.2 Å². The van der Waals surface area contributed by atoms with E-state index < -0.39 is 0 Å². The van der Waals surface area contributed by atoms with Gasteiger partial charge >= 0.3 is 0 Å². The van der Waals surface area contributed by atoms with Crippen molar-refractivity contribution in [3.05, 3.63) is 17.6 Å². The third-order valence-electron chi connectivity index (χ3n) is 5.10. The molecule has 0 saturated carbocycles. The van der Waals surface area contributed by atoms with Crippen LogP contribution in [0.1, 0.15) is 24.1 Å². The molecule has 0 radical (unpaired) electrons. The Balaban J connectivity index is 1.85. The summed E-state index contributed by atoms with van der Waals surface area (Å²) in [6.07, 6.45) is 6.13. The van der Waals surface area contributed by atoms with Crippen molar-refractivity contribution in [3.8, 4) is 0 Å². The van der Waals surface area contributed by atoms with Gasteiger partial charge < -0.3 is 15.1 Å². The topological polar surface area (TPSA) is 89.2 Å². The average Bonchev–Trinajstić information content (AvgIpc) is 3.08. The third kappa shape index (κ3) is 2.36. The largest absolute Gasteiger partial charge is 0.378 e. The molecule has 0 unspecified atom stereocenters. The minimum atomic E-state index is 0.684. The zero-order valence-electron chi connectivity index (χ0n) is 13.9. The van der Waals surface area contributed by atoms with Crippen molar-refractivity contribution in [2.45, 2.75) is 25.7 Å². The first-order valence-electron chi connectivity index (χ1n) is 8.75. The summed E-state index contributed by atoms with van der Waals surface area (Å²) in [6.45, 7) is 3.26. The molecule has 1 aliphatic heterocycles. The van der Waals surface area contributed by atoms with E-state index in [2.05, 4.69) is 20.3 Å². The molecule has 0 aromatic carbocycles. The minimum Gasteiger partial charge on any atom is -0.378 e. The van der Waals surface area contributed by atoms with Crippen LogP contribution in [0.25, 0.3) is 20.3 Å². The monoisotopic (exact) mass is 356 g/mol. The number of hydrazine groups is 1. The fourth-order valence-electron chi connectivity index (χ4n) is 3.90. The van der Waals surface area contributed by atoms with Crippen molar-refractivity contribution >= 4 is 43.3 Å². The van der Waals surface area contributed by atoms with Crippen LogP contribution in [-0.4, -0.2) is 41.3 Å². The number of aromatic nitrogens is 3. The van der Waals surface area contributed by atoms with Crippen LogP contribution in [0, 0.1) is 0 Å². The summed E-state index contributed by atoms with van der Waals surface area (Å²) in [4.78, 5) is 16.3. The summed E-state index contributed by atoms with van der Waals surface area (Å²) in [5.74, 6) is 7.44. The number of hydrogen-bond donors (Lipinski definition) is 2. The molecule has 7 nitrogen and oxygen atoms in total. The number of pyridine rings is 1. The van der Waals surface area contributed by atoms with Crippen LogP contribution in [0.3, 0.4) is 0 Å². The zero-order valence-corrected chi connectivity index (χ0v) is 14.7. The van der Waals surface area contributed by atoms with E-state index in [-0.39, 0.29) is 0 Å². The zero-order chi connectivity index (χ0) is 16.8. The third-order valence-corrected chi connectivity index (χ3v) is 6.29. The number of nitrogen functional groups attached to an aromatic ring is 1. The Morgan fingerprint density at radius 1 is 1.12 bits per heavy atom. The van der Waals surface area contributed by atoms with E-state index in [0.717, 1.165) is 55.2 Å². The maximum atomic E-state index is 5.68. The van der Waals surface area contributed by atoms with E-state index >= 15 is 0 Å². The molecule has 4 heterocycles. The summed E-state index contributed by atoms with van der Waals surface area (Å²) in [6, 6.07) is 0. The Labute approximate surface area is 149 Å². The van der Waals surface area contributed by atoms with Crippen LogP contribution in [0.2, 0.25) is 0 Å². The molecule has 0 bridgehead atoms. The van der Waals surface area contributed by atoms with Crippen molar-refractivity contribution < 1.29 is 4.74 Å². The Morgan fingerprint density at radius 2 is 1.96 bits per heavy atom. The normalized spacial score (nSPS) is 17.9. The van der Waals surface area contributed by atoms with Crippen molar-refractivity contribution in [2.75, 3.05) is 36.6 Å². The standard InChI is InChI=1S/C17H20N6OS/c18-22-16-15-13(19-9-20-16)12-10-3-1-2-4-11(10)21-17(14(12)25-15)23-5-7-24-8-6-23/h9H,1-8,18H2,(H,19,20,22). The molecule has 0 amide bonds. The molecule has 1 aliphatic carbocycles. The predicted octanol–water partition coefficient (Wildman–Crippen LogP) is 2.24. The molecule has 3 aromatic rings. The van der Waals surface area contributed by atoms with E-state index in [1.807, 2.05) is 0 Å². The molecule has 2 aliphatic rings. The predicted molar refractivity (Wildman–Crippen MR) is 100 cm³/mol. The highest BCUT2D eigenvalue weighted by Gasteiger charge is 2.25. The highest BCUT2D eigenvalue weighted by atomic mass is 32.1. The first-order chi connectivity index (χ1) is 12.4. The van der Waals surface area contributed by atoms with Gasteiger partial charge in [-0.1, -0.05) is 0 Å². The van der Waals surface area contributed by atoms with Gasteiger partial charge in [0.2, 0.25) is 0 Å². The van der Waals surface area contributed by atoms with Gasteiger partial charge in [0.05, 0.1) is 28.1 Å². The summed E-state index contributed by atoms with van der Waals surface area (Å²) >= 11 is 1.69. The number of morpholine rings is 1. The number of aryl methyl sites for hydroxylation is 2. The highest BCUT2D eigenvalue weighted by molar-refractivity contribution is 7.26. The molecule has 8 heteroatoms. The Hall–Kier alpha value is -2.03. The van der Waals surface area contributed by atoms with Crippen molar-refractivity contribution in [2.24, 2.45) is 5.84 Å². The lowest BCUT2D eigenvalue weighted by Gasteiger charge is -2.29. The van der Waals surface area contributed by atoms with Crippen LogP contribution in [0.4, 0.5) is 11.6 Å². The van der Waals surface area contributed by atoms with Gasteiger partial charge in [-0.25, -0.2) is 20.8 Å². The molecule has 0 spiro atoms. The molecular weight excluding hydrogens is 336 g/mol. The maximum Gasteiger partial charge on any atom is 0.161 e. The minimum absolute atomic E-state index is 0.684. The van der Waals surface area contributed by atoms with Gasteiger partial charge in [0, 0.05) is 24.2 Å². The highest BCUT2D eigenvalue weighted by Crippen LogP contribution is 2.44.